The highest BCUT2D eigenvalue weighted by Gasteiger charge is 2.30. The van der Waals surface area contributed by atoms with Crippen molar-refractivity contribution in [2.75, 3.05) is 6.54 Å². The topological polar surface area (TPSA) is 77.6 Å². The molecule has 29 heavy (non-hydrogen) atoms. The van der Waals surface area contributed by atoms with E-state index in [4.69, 9.17) is 10.1 Å². The SMILES string of the molecule is Cc1nn(C(C)(C)C)c2nc(C3CC3)cc(C(=O)NCCCCn3ccnc3)c12. The molecule has 0 aliphatic heterocycles. The highest BCUT2D eigenvalue weighted by atomic mass is 16.1. The van der Waals surface area contributed by atoms with Gasteiger partial charge in [0.25, 0.3) is 5.91 Å². The summed E-state index contributed by atoms with van der Waals surface area (Å²) in [7, 11) is 0. The Bertz CT molecular complexity index is 1010. The summed E-state index contributed by atoms with van der Waals surface area (Å²) in [6.07, 6.45) is 9.79. The van der Waals surface area contributed by atoms with Crippen LogP contribution in [0.3, 0.4) is 0 Å². The lowest BCUT2D eigenvalue weighted by atomic mass is 10.1. The monoisotopic (exact) mass is 394 g/mol. The van der Waals surface area contributed by atoms with E-state index in [1.807, 2.05) is 30.2 Å². The van der Waals surface area contributed by atoms with Crippen LogP contribution in [0.1, 0.15) is 74.1 Å². The zero-order chi connectivity index (χ0) is 20.6. The molecule has 1 N–H and O–H groups in total. The van der Waals surface area contributed by atoms with Crippen LogP contribution in [0.4, 0.5) is 0 Å². The number of carbonyl (C=O) groups is 1. The summed E-state index contributed by atoms with van der Waals surface area (Å²) in [6.45, 7) is 9.88. The highest BCUT2D eigenvalue weighted by molar-refractivity contribution is 6.06. The third-order valence-electron chi connectivity index (χ3n) is 5.40. The predicted octanol–water partition coefficient (Wildman–Crippen LogP) is 3.78. The van der Waals surface area contributed by atoms with Crippen molar-refractivity contribution < 1.29 is 4.79 Å². The van der Waals surface area contributed by atoms with E-state index in [0.29, 0.717) is 18.0 Å². The lowest BCUT2D eigenvalue weighted by Crippen LogP contribution is -2.26. The van der Waals surface area contributed by atoms with Gasteiger partial charge in [-0.3, -0.25) is 4.79 Å². The quantitative estimate of drug-likeness (QED) is 0.619. The Kier molecular flexibility index (Phi) is 5.15. The van der Waals surface area contributed by atoms with Gasteiger partial charge in [0.2, 0.25) is 0 Å². The van der Waals surface area contributed by atoms with Crippen LogP contribution in [0.2, 0.25) is 0 Å². The van der Waals surface area contributed by atoms with Gasteiger partial charge in [0.1, 0.15) is 0 Å². The highest BCUT2D eigenvalue weighted by Crippen LogP contribution is 2.40. The smallest absolute Gasteiger partial charge is 0.252 e. The number of fused-ring (bicyclic) bond motifs is 1. The second-order valence-corrected chi connectivity index (χ2v) is 9.00. The number of unbranched alkanes of at least 4 members (excludes halogenated alkanes) is 1. The van der Waals surface area contributed by atoms with Crippen molar-refractivity contribution in [3.63, 3.8) is 0 Å². The minimum atomic E-state index is -0.192. The summed E-state index contributed by atoms with van der Waals surface area (Å²) in [5, 5.41) is 8.71. The average Bonchev–Trinajstić information content (AvgIpc) is 3.28. The summed E-state index contributed by atoms with van der Waals surface area (Å²) in [4.78, 5) is 22.0. The molecule has 3 aromatic heterocycles. The lowest BCUT2D eigenvalue weighted by molar-refractivity contribution is 0.0954. The summed E-state index contributed by atoms with van der Waals surface area (Å²) >= 11 is 0. The molecule has 0 atom stereocenters. The zero-order valence-electron chi connectivity index (χ0n) is 17.8. The summed E-state index contributed by atoms with van der Waals surface area (Å²) in [5.41, 5.74) is 3.22. The molecule has 0 aromatic carbocycles. The average molecular weight is 395 g/mol. The first-order valence-electron chi connectivity index (χ1n) is 10.5. The van der Waals surface area contributed by atoms with Crippen molar-refractivity contribution in [3.8, 4) is 0 Å². The van der Waals surface area contributed by atoms with Crippen LogP contribution < -0.4 is 5.32 Å². The van der Waals surface area contributed by atoms with Crippen molar-refractivity contribution in [3.05, 3.63) is 41.7 Å². The Morgan fingerprint density at radius 3 is 2.72 bits per heavy atom. The maximum absolute atomic E-state index is 13.1. The van der Waals surface area contributed by atoms with E-state index >= 15 is 0 Å². The van der Waals surface area contributed by atoms with E-state index in [0.717, 1.165) is 54.6 Å². The minimum Gasteiger partial charge on any atom is -0.352 e. The Morgan fingerprint density at radius 2 is 2.07 bits per heavy atom. The summed E-state index contributed by atoms with van der Waals surface area (Å²) in [5.74, 6) is 0.447. The van der Waals surface area contributed by atoms with E-state index in [1.54, 1.807) is 6.20 Å². The maximum atomic E-state index is 13.1. The van der Waals surface area contributed by atoms with Crippen LogP contribution in [-0.4, -0.2) is 36.8 Å². The third-order valence-corrected chi connectivity index (χ3v) is 5.40. The molecular weight excluding hydrogens is 364 g/mol. The molecule has 3 aromatic rings. The van der Waals surface area contributed by atoms with Gasteiger partial charge in [-0.15, -0.1) is 0 Å². The Hall–Kier alpha value is -2.70. The Morgan fingerprint density at radius 1 is 1.28 bits per heavy atom. The molecule has 154 valence electrons. The fraction of sp³-hybridized carbons (Fsp3) is 0.545. The van der Waals surface area contributed by atoms with Crippen molar-refractivity contribution in [2.24, 2.45) is 0 Å². The van der Waals surface area contributed by atoms with Crippen molar-refractivity contribution in [2.45, 2.75) is 71.4 Å². The number of aryl methyl sites for hydroxylation is 2. The van der Waals surface area contributed by atoms with Gasteiger partial charge in [-0.25, -0.2) is 14.6 Å². The number of carbonyl (C=O) groups excluding carboxylic acids is 1. The van der Waals surface area contributed by atoms with Gasteiger partial charge < -0.3 is 9.88 Å². The van der Waals surface area contributed by atoms with Crippen molar-refractivity contribution in [1.82, 2.24) is 29.6 Å². The van der Waals surface area contributed by atoms with E-state index in [-0.39, 0.29) is 11.4 Å². The standard InChI is InChI=1S/C22H30N6O/c1-15-19-17(21(29)24-9-5-6-11-27-12-10-23-14-27)13-18(16-7-8-16)25-20(19)28(26-15)22(2,3)4/h10,12-14,16H,5-9,11H2,1-4H3,(H,24,29). The van der Waals surface area contributed by atoms with Crippen molar-refractivity contribution in [1.29, 1.82) is 0 Å². The first-order chi connectivity index (χ1) is 13.8. The molecule has 0 saturated heterocycles. The van der Waals surface area contributed by atoms with Gasteiger partial charge in [-0.05, 0) is 59.4 Å². The van der Waals surface area contributed by atoms with Crippen LogP contribution in [0.25, 0.3) is 11.0 Å². The minimum absolute atomic E-state index is 0.0292. The number of rotatable bonds is 7. The van der Waals surface area contributed by atoms with Gasteiger partial charge in [-0.1, -0.05) is 0 Å². The van der Waals surface area contributed by atoms with Crippen LogP contribution >= 0.6 is 0 Å². The number of amides is 1. The Balaban J connectivity index is 1.53. The Labute approximate surface area is 171 Å². The molecule has 3 heterocycles. The first-order valence-corrected chi connectivity index (χ1v) is 10.5. The predicted molar refractivity (Wildman–Crippen MR) is 113 cm³/mol. The third kappa shape index (κ3) is 4.18. The molecular formula is C22H30N6O. The molecule has 0 spiro atoms. The van der Waals surface area contributed by atoms with Crippen LogP contribution in [0, 0.1) is 6.92 Å². The summed E-state index contributed by atoms with van der Waals surface area (Å²) < 4.78 is 4.02. The maximum Gasteiger partial charge on any atom is 0.252 e. The van der Waals surface area contributed by atoms with Gasteiger partial charge in [0.05, 0.1) is 28.5 Å². The first kappa shape index (κ1) is 19.6. The number of hydrogen-bond donors (Lipinski definition) is 1. The number of imidazole rings is 1. The van der Waals surface area contributed by atoms with Gasteiger partial charge >= 0.3 is 0 Å². The van der Waals surface area contributed by atoms with Gasteiger partial charge in [-0.2, -0.15) is 5.10 Å². The second kappa shape index (κ2) is 7.61. The normalized spacial score (nSPS) is 14.5. The molecule has 1 saturated carbocycles. The number of nitrogens with zero attached hydrogens (tertiary/aromatic N) is 5. The van der Waals surface area contributed by atoms with E-state index in [9.17, 15) is 4.79 Å². The second-order valence-electron chi connectivity index (χ2n) is 9.00. The molecule has 4 rings (SSSR count). The summed E-state index contributed by atoms with van der Waals surface area (Å²) in [6, 6.07) is 1.99. The van der Waals surface area contributed by atoms with E-state index in [2.05, 4.69) is 35.6 Å². The van der Waals surface area contributed by atoms with Crippen molar-refractivity contribution >= 4 is 16.9 Å². The molecule has 1 fully saturated rings. The number of hydrogen-bond acceptors (Lipinski definition) is 4. The van der Waals surface area contributed by atoms with E-state index < -0.39 is 0 Å². The molecule has 0 radical (unpaired) electrons. The molecule has 0 unspecified atom stereocenters. The van der Waals surface area contributed by atoms with E-state index in [1.165, 1.54) is 0 Å². The largest absolute Gasteiger partial charge is 0.352 e. The molecule has 1 aliphatic carbocycles. The molecule has 1 amide bonds. The fourth-order valence-electron chi connectivity index (χ4n) is 3.68. The zero-order valence-corrected chi connectivity index (χ0v) is 17.8. The molecule has 7 heteroatoms. The lowest BCUT2D eigenvalue weighted by Gasteiger charge is -2.20. The van der Waals surface area contributed by atoms with Crippen LogP contribution in [0.5, 0.6) is 0 Å². The number of pyridine rings is 1. The van der Waals surface area contributed by atoms with Gasteiger partial charge in [0, 0.05) is 37.1 Å². The number of aromatic nitrogens is 5. The fourth-order valence-corrected chi connectivity index (χ4v) is 3.68. The van der Waals surface area contributed by atoms with Crippen LogP contribution in [-0.2, 0) is 12.1 Å². The van der Waals surface area contributed by atoms with Crippen LogP contribution in [0.15, 0.2) is 24.8 Å². The van der Waals surface area contributed by atoms with Gasteiger partial charge in [0.15, 0.2) is 5.65 Å². The molecule has 1 aliphatic rings. The molecule has 0 bridgehead atoms. The molecule has 7 nitrogen and oxygen atoms in total. The number of nitrogens with one attached hydrogen (secondary N) is 1.